The molecule has 0 amide bonds. The van der Waals surface area contributed by atoms with Gasteiger partial charge in [0.25, 0.3) is 0 Å². The number of anilines is 1. The molecule has 1 aromatic carbocycles. The van der Waals surface area contributed by atoms with Gasteiger partial charge in [-0.25, -0.2) is 14.4 Å². The van der Waals surface area contributed by atoms with E-state index in [0.29, 0.717) is 21.7 Å². The van der Waals surface area contributed by atoms with E-state index in [1.807, 2.05) is 0 Å². The van der Waals surface area contributed by atoms with Crippen LogP contribution in [0.15, 0.2) is 22.7 Å². The van der Waals surface area contributed by atoms with Gasteiger partial charge >= 0.3 is 0 Å². The molecule has 6 heteroatoms. The van der Waals surface area contributed by atoms with E-state index in [0.717, 1.165) is 18.5 Å². The number of aryl methyl sites for hydroxylation is 1. The zero-order valence-electron chi connectivity index (χ0n) is 10.3. The molecule has 0 aliphatic carbocycles. The summed E-state index contributed by atoms with van der Waals surface area (Å²) in [6.07, 6.45) is 1.71. The van der Waals surface area contributed by atoms with Crippen LogP contribution in [0, 0.1) is 5.82 Å². The highest BCUT2D eigenvalue weighted by molar-refractivity contribution is 9.10. The summed E-state index contributed by atoms with van der Waals surface area (Å²) in [6, 6.07) is 4.11. The number of benzene rings is 1. The fourth-order valence-electron chi connectivity index (χ4n) is 1.71. The molecule has 2 rings (SSSR count). The van der Waals surface area contributed by atoms with Crippen LogP contribution >= 0.6 is 27.5 Å². The summed E-state index contributed by atoms with van der Waals surface area (Å²) in [6.45, 7) is 2.05. The fraction of sp³-hybridized carbons (Fsp3) is 0.231. The standard InChI is InChI=1S/C13H12BrClFN3/c1-2-3-10-11(14)12(17)19-13(18-10)8-5-4-7(16)6-9(8)15/h4-6H,2-3H2,1H3,(H2,17,18,19). The number of halogens is 3. The Hall–Kier alpha value is -1.20. The molecule has 0 aliphatic heterocycles. The van der Waals surface area contributed by atoms with E-state index in [2.05, 4.69) is 32.8 Å². The molecule has 2 aromatic rings. The van der Waals surface area contributed by atoms with E-state index < -0.39 is 5.82 Å². The minimum absolute atomic E-state index is 0.268. The van der Waals surface area contributed by atoms with E-state index >= 15 is 0 Å². The quantitative estimate of drug-likeness (QED) is 0.906. The van der Waals surface area contributed by atoms with Crippen molar-refractivity contribution in [2.75, 3.05) is 5.73 Å². The van der Waals surface area contributed by atoms with Crippen LogP contribution in [0.4, 0.5) is 10.2 Å². The molecule has 19 heavy (non-hydrogen) atoms. The number of nitrogen functional groups attached to an aromatic ring is 1. The van der Waals surface area contributed by atoms with Gasteiger partial charge in [0.2, 0.25) is 0 Å². The Balaban J connectivity index is 2.56. The number of nitrogens with zero attached hydrogens (tertiary/aromatic N) is 2. The average molecular weight is 345 g/mol. The lowest BCUT2D eigenvalue weighted by Crippen LogP contribution is -2.03. The predicted molar refractivity (Wildman–Crippen MR) is 78.5 cm³/mol. The number of hydrogen-bond acceptors (Lipinski definition) is 3. The molecule has 2 N–H and O–H groups in total. The molecule has 0 unspecified atom stereocenters. The molecule has 0 spiro atoms. The van der Waals surface area contributed by atoms with Crippen molar-refractivity contribution in [3.05, 3.63) is 39.2 Å². The Morgan fingerprint density at radius 2 is 2.11 bits per heavy atom. The monoisotopic (exact) mass is 343 g/mol. The molecule has 0 radical (unpaired) electrons. The summed E-state index contributed by atoms with van der Waals surface area (Å²) in [4.78, 5) is 8.63. The third-order valence-electron chi connectivity index (χ3n) is 2.60. The van der Waals surface area contributed by atoms with Crippen LogP contribution in [0.25, 0.3) is 11.4 Å². The Labute approximate surface area is 124 Å². The average Bonchev–Trinajstić information content (AvgIpc) is 2.35. The maximum atomic E-state index is 13.0. The number of hydrogen-bond donors (Lipinski definition) is 1. The molecule has 0 bridgehead atoms. The summed E-state index contributed by atoms with van der Waals surface area (Å²) in [7, 11) is 0. The second-order valence-corrected chi connectivity index (χ2v) is 5.27. The highest BCUT2D eigenvalue weighted by atomic mass is 79.9. The number of aromatic nitrogens is 2. The van der Waals surface area contributed by atoms with Gasteiger partial charge in [0.15, 0.2) is 5.82 Å². The minimum Gasteiger partial charge on any atom is -0.383 e. The van der Waals surface area contributed by atoms with E-state index in [1.165, 1.54) is 12.1 Å². The third kappa shape index (κ3) is 3.04. The van der Waals surface area contributed by atoms with E-state index in [-0.39, 0.29) is 5.02 Å². The second kappa shape index (κ2) is 5.84. The third-order valence-corrected chi connectivity index (χ3v) is 3.78. The molecule has 100 valence electrons. The van der Waals surface area contributed by atoms with Gasteiger partial charge in [-0.3, -0.25) is 0 Å². The van der Waals surface area contributed by atoms with Gasteiger partial charge in [0.1, 0.15) is 11.6 Å². The maximum Gasteiger partial charge on any atom is 0.163 e. The first kappa shape index (κ1) is 14.2. The van der Waals surface area contributed by atoms with Crippen molar-refractivity contribution in [2.45, 2.75) is 19.8 Å². The fourth-order valence-corrected chi connectivity index (χ4v) is 2.33. The smallest absolute Gasteiger partial charge is 0.163 e. The van der Waals surface area contributed by atoms with E-state index in [4.69, 9.17) is 17.3 Å². The molecular weight excluding hydrogens is 333 g/mol. The molecule has 0 saturated heterocycles. The van der Waals surface area contributed by atoms with Crippen molar-refractivity contribution in [3.63, 3.8) is 0 Å². The van der Waals surface area contributed by atoms with Crippen LogP contribution < -0.4 is 5.73 Å². The zero-order valence-corrected chi connectivity index (χ0v) is 12.6. The van der Waals surface area contributed by atoms with Gasteiger partial charge in [-0.05, 0) is 40.5 Å². The normalized spacial score (nSPS) is 10.7. The van der Waals surface area contributed by atoms with Gasteiger partial charge < -0.3 is 5.73 Å². The van der Waals surface area contributed by atoms with Gasteiger partial charge in [-0.2, -0.15) is 0 Å². The second-order valence-electron chi connectivity index (χ2n) is 4.07. The van der Waals surface area contributed by atoms with Crippen LogP contribution in [-0.4, -0.2) is 9.97 Å². The minimum atomic E-state index is -0.396. The SMILES string of the molecule is CCCc1nc(-c2ccc(F)cc2Cl)nc(N)c1Br. The highest BCUT2D eigenvalue weighted by Crippen LogP contribution is 2.30. The van der Waals surface area contributed by atoms with E-state index in [9.17, 15) is 4.39 Å². The molecule has 0 saturated carbocycles. The molecular formula is C13H12BrClFN3. The van der Waals surface area contributed by atoms with Crippen molar-refractivity contribution in [1.82, 2.24) is 9.97 Å². The molecule has 1 aromatic heterocycles. The Morgan fingerprint density at radius 1 is 1.37 bits per heavy atom. The molecule has 0 fully saturated rings. The zero-order chi connectivity index (χ0) is 14.0. The lowest BCUT2D eigenvalue weighted by Gasteiger charge is -2.09. The molecule has 0 aliphatic rings. The molecule has 3 nitrogen and oxygen atoms in total. The number of nitrogens with two attached hydrogens (primary N) is 1. The first-order valence-electron chi connectivity index (χ1n) is 5.80. The predicted octanol–water partition coefficient (Wildman–Crippen LogP) is 4.23. The lowest BCUT2D eigenvalue weighted by molar-refractivity contribution is 0.628. The van der Waals surface area contributed by atoms with Crippen molar-refractivity contribution >= 4 is 33.3 Å². The summed E-state index contributed by atoms with van der Waals surface area (Å²) in [5, 5.41) is 0.268. The summed E-state index contributed by atoms with van der Waals surface area (Å²) < 4.78 is 13.8. The summed E-state index contributed by atoms with van der Waals surface area (Å²) in [5.74, 6) is 0.371. The van der Waals surface area contributed by atoms with Crippen LogP contribution in [-0.2, 0) is 6.42 Å². The Morgan fingerprint density at radius 3 is 2.74 bits per heavy atom. The van der Waals surface area contributed by atoms with Crippen LogP contribution in [0.3, 0.4) is 0 Å². The van der Waals surface area contributed by atoms with Crippen LogP contribution in [0.2, 0.25) is 5.02 Å². The van der Waals surface area contributed by atoms with Crippen molar-refractivity contribution < 1.29 is 4.39 Å². The maximum absolute atomic E-state index is 13.0. The van der Waals surface area contributed by atoms with Crippen LogP contribution in [0.1, 0.15) is 19.0 Å². The van der Waals surface area contributed by atoms with Gasteiger partial charge in [-0.1, -0.05) is 24.9 Å². The largest absolute Gasteiger partial charge is 0.383 e. The van der Waals surface area contributed by atoms with E-state index in [1.54, 1.807) is 6.07 Å². The molecule has 1 heterocycles. The van der Waals surface area contributed by atoms with Crippen molar-refractivity contribution in [3.8, 4) is 11.4 Å². The summed E-state index contributed by atoms with van der Waals surface area (Å²) >= 11 is 9.39. The number of rotatable bonds is 3. The highest BCUT2D eigenvalue weighted by Gasteiger charge is 2.13. The van der Waals surface area contributed by atoms with Gasteiger partial charge in [0.05, 0.1) is 15.2 Å². The van der Waals surface area contributed by atoms with Crippen LogP contribution in [0.5, 0.6) is 0 Å². The lowest BCUT2D eigenvalue weighted by atomic mass is 10.2. The first-order valence-corrected chi connectivity index (χ1v) is 6.97. The topological polar surface area (TPSA) is 51.8 Å². The van der Waals surface area contributed by atoms with Crippen molar-refractivity contribution in [2.24, 2.45) is 0 Å². The molecule has 0 atom stereocenters. The summed E-state index contributed by atoms with van der Waals surface area (Å²) in [5.41, 5.74) is 7.25. The first-order chi connectivity index (χ1) is 9.02. The van der Waals surface area contributed by atoms with Gasteiger partial charge in [0, 0.05) is 5.56 Å². The Bertz CT molecular complexity index is 619. The Kier molecular flexibility index (Phi) is 4.37. The van der Waals surface area contributed by atoms with Crippen molar-refractivity contribution in [1.29, 1.82) is 0 Å². The van der Waals surface area contributed by atoms with Gasteiger partial charge in [-0.15, -0.1) is 0 Å².